The first kappa shape index (κ1) is 18.7. The number of nitrogens with zero attached hydrogens (tertiary/aromatic N) is 4. The largest absolute Gasteiger partial charge is 0.454 e. The molecular formula is C20H17F3N4O3. The van der Waals surface area contributed by atoms with E-state index in [0.717, 1.165) is 29.8 Å². The summed E-state index contributed by atoms with van der Waals surface area (Å²) >= 11 is 0. The van der Waals surface area contributed by atoms with Gasteiger partial charge in [0.05, 0.1) is 17.9 Å². The number of hydrogen-bond donors (Lipinski definition) is 0. The van der Waals surface area contributed by atoms with Crippen LogP contribution in [-0.4, -0.2) is 39.2 Å². The number of piperidine rings is 1. The van der Waals surface area contributed by atoms with Crippen molar-refractivity contribution in [1.82, 2.24) is 19.5 Å². The number of likely N-dealkylation sites (tertiary alicyclic amines) is 1. The van der Waals surface area contributed by atoms with E-state index in [1.54, 1.807) is 23.1 Å². The Bertz CT molecular complexity index is 1130. The number of rotatable bonds is 3. The van der Waals surface area contributed by atoms with Gasteiger partial charge in [-0.25, -0.2) is 9.50 Å². The highest BCUT2D eigenvalue weighted by atomic mass is 19.4. The number of benzene rings is 1. The third kappa shape index (κ3) is 3.03. The maximum absolute atomic E-state index is 13.8. The molecule has 0 bridgehead atoms. The molecular weight excluding hydrogens is 401 g/mol. The van der Waals surface area contributed by atoms with Crippen molar-refractivity contribution >= 4 is 12.1 Å². The fourth-order valence-electron chi connectivity index (χ4n) is 4.03. The maximum atomic E-state index is 13.8. The molecule has 0 radical (unpaired) electrons. The summed E-state index contributed by atoms with van der Waals surface area (Å²) in [6, 6.07) is 5.51. The zero-order valence-electron chi connectivity index (χ0n) is 15.7. The Morgan fingerprint density at radius 1 is 1.13 bits per heavy atom. The highest BCUT2D eigenvalue weighted by Gasteiger charge is 2.37. The predicted molar refractivity (Wildman–Crippen MR) is 98.9 cm³/mol. The van der Waals surface area contributed by atoms with Gasteiger partial charge >= 0.3 is 6.18 Å². The van der Waals surface area contributed by atoms with Crippen molar-refractivity contribution < 1.29 is 27.4 Å². The molecule has 0 saturated carbocycles. The van der Waals surface area contributed by atoms with Crippen LogP contribution in [0.25, 0.3) is 16.9 Å². The molecule has 1 saturated heterocycles. The molecule has 3 aromatic rings. The lowest BCUT2D eigenvalue weighted by atomic mass is 9.97. The summed E-state index contributed by atoms with van der Waals surface area (Å²) in [7, 11) is 0. The minimum absolute atomic E-state index is 0.0645. The van der Waals surface area contributed by atoms with E-state index in [2.05, 4.69) is 10.1 Å². The smallest absolute Gasteiger partial charge is 0.433 e. The predicted octanol–water partition coefficient (Wildman–Crippen LogP) is 3.83. The second kappa shape index (κ2) is 6.89. The molecule has 2 aliphatic rings. The van der Waals surface area contributed by atoms with Crippen LogP contribution in [0.1, 0.15) is 36.6 Å². The first-order valence-electron chi connectivity index (χ1n) is 9.52. The lowest BCUT2D eigenvalue weighted by molar-refractivity contribution is -0.142. The number of ether oxygens (including phenoxy) is 2. The highest BCUT2D eigenvalue weighted by molar-refractivity contribution is 5.68. The molecule has 156 valence electrons. The quantitative estimate of drug-likeness (QED) is 0.605. The number of amides is 1. The molecule has 30 heavy (non-hydrogen) atoms. The average molecular weight is 418 g/mol. The normalized spacial score (nSPS) is 18.8. The number of hydrogen-bond acceptors (Lipinski definition) is 5. The summed E-state index contributed by atoms with van der Waals surface area (Å²) in [5.41, 5.74) is 0.282. The van der Waals surface area contributed by atoms with E-state index in [4.69, 9.17) is 9.47 Å². The van der Waals surface area contributed by atoms with Gasteiger partial charge in [0.1, 0.15) is 0 Å². The van der Waals surface area contributed by atoms with Crippen LogP contribution in [-0.2, 0) is 11.0 Å². The summed E-state index contributed by atoms with van der Waals surface area (Å²) in [5, 5.41) is 3.97. The standard InChI is InChI=1S/C20H17F3N4O3/c21-20(22,23)18-8-14(12-4-5-16-17(7-12)30-11-29-16)25-19-13(9-24-27(18)19)15-3-1-2-6-26(15)10-28/h4-5,7-10,15H,1-3,6,11H2. The lowest BCUT2D eigenvalue weighted by Crippen LogP contribution is -2.32. The minimum Gasteiger partial charge on any atom is -0.454 e. The van der Waals surface area contributed by atoms with Crippen LogP contribution in [0, 0.1) is 0 Å². The van der Waals surface area contributed by atoms with Crippen LogP contribution >= 0.6 is 0 Å². The first-order valence-corrected chi connectivity index (χ1v) is 9.52. The number of alkyl halides is 3. The molecule has 4 heterocycles. The van der Waals surface area contributed by atoms with Gasteiger partial charge in [0.25, 0.3) is 0 Å². The molecule has 0 spiro atoms. The van der Waals surface area contributed by atoms with Gasteiger partial charge in [0.2, 0.25) is 13.2 Å². The van der Waals surface area contributed by atoms with E-state index < -0.39 is 11.9 Å². The van der Waals surface area contributed by atoms with E-state index in [-0.39, 0.29) is 24.2 Å². The highest BCUT2D eigenvalue weighted by Crippen LogP contribution is 2.39. The number of halogens is 3. The van der Waals surface area contributed by atoms with Crippen LogP contribution in [0.4, 0.5) is 13.2 Å². The van der Waals surface area contributed by atoms with Gasteiger partial charge in [-0.2, -0.15) is 18.3 Å². The Morgan fingerprint density at radius 2 is 1.97 bits per heavy atom. The van der Waals surface area contributed by atoms with Crippen molar-refractivity contribution in [3.05, 3.63) is 41.7 Å². The number of carbonyl (C=O) groups excluding carboxylic acids is 1. The molecule has 10 heteroatoms. The van der Waals surface area contributed by atoms with E-state index in [1.807, 2.05) is 0 Å². The van der Waals surface area contributed by atoms with Gasteiger partial charge in [-0.3, -0.25) is 4.79 Å². The third-order valence-electron chi connectivity index (χ3n) is 5.50. The summed E-state index contributed by atoms with van der Waals surface area (Å²) < 4.78 is 52.9. The van der Waals surface area contributed by atoms with E-state index >= 15 is 0 Å². The topological polar surface area (TPSA) is 69.0 Å². The summed E-state index contributed by atoms with van der Waals surface area (Å²) in [6.07, 6.45) is -0.129. The van der Waals surface area contributed by atoms with Gasteiger partial charge < -0.3 is 14.4 Å². The fourth-order valence-corrected chi connectivity index (χ4v) is 4.03. The number of aromatic nitrogens is 3. The summed E-state index contributed by atoms with van der Waals surface area (Å²) in [5.74, 6) is 0.987. The van der Waals surface area contributed by atoms with E-state index in [0.29, 0.717) is 35.6 Å². The van der Waals surface area contributed by atoms with Crippen molar-refractivity contribution in [1.29, 1.82) is 0 Å². The molecule has 1 atom stereocenters. The van der Waals surface area contributed by atoms with Crippen LogP contribution < -0.4 is 9.47 Å². The molecule has 1 unspecified atom stereocenters. The Morgan fingerprint density at radius 3 is 2.77 bits per heavy atom. The van der Waals surface area contributed by atoms with Crippen molar-refractivity contribution in [2.75, 3.05) is 13.3 Å². The second-order valence-corrected chi connectivity index (χ2v) is 7.28. The molecule has 0 aliphatic carbocycles. The zero-order chi connectivity index (χ0) is 20.9. The molecule has 2 aliphatic heterocycles. The van der Waals surface area contributed by atoms with Crippen molar-refractivity contribution in [2.24, 2.45) is 0 Å². The van der Waals surface area contributed by atoms with Gasteiger partial charge in [0, 0.05) is 17.7 Å². The Balaban J connectivity index is 1.69. The second-order valence-electron chi connectivity index (χ2n) is 7.28. The third-order valence-corrected chi connectivity index (χ3v) is 5.50. The van der Waals surface area contributed by atoms with Gasteiger partial charge in [0.15, 0.2) is 22.8 Å². The van der Waals surface area contributed by atoms with Crippen LogP contribution in [0.2, 0.25) is 0 Å². The molecule has 5 rings (SSSR count). The van der Waals surface area contributed by atoms with Gasteiger partial charge in [-0.05, 0) is 43.5 Å². The molecule has 1 amide bonds. The fraction of sp³-hybridized carbons (Fsp3) is 0.350. The van der Waals surface area contributed by atoms with Crippen LogP contribution in [0.5, 0.6) is 11.5 Å². The molecule has 7 nitrogen and oxygen atoms in total. The molecule has 1 aromatic carbocycles. The van der Waals surface area contributed by atoms with Crippen molar-refractivity contribution in [2.45, 2.75) is 31.5 Å². The minimum atomic E-state index is -4.63. The van der Waals surface area contributed by atoms with Crippen molar-refractivity contribution in [3.8, 4) is 22.8 Å². The molecule has 2 aromatic heterocycles. The van der Waals surface area contributed by atoms with Crippen LogP contribution in [0.3, 0.4) is 0 Å². The molecule has 0 N–H and O–H groups in total. The Labute approximate surface area is 169 Å². The van der Waals surface area contributed by atoms with Crippen LogP contribution in [0.15, 0.2) is 30.5 Å². The SMILES string of the molecule is O=CN1CCCCC1c1cnn2c(C(F)(F)F)cc(-c3ccc4c(c3)OCO4)nc12. The van der Waals surface area contributed by atoms with Crippen molar-refractivity contribution in [3.63, 3.8) is 0 Å². The lowest BCUT2D eigenvalue weighted by Gasteiger charge is -2.32. The Kier molecular flexibility index (Phi) is 4.30. The van der Waals surface area contributed by atoms with Gasteiger partial charge in [-0.1, -0.05) is 0 Å². The summed E-state index contributed by atoms with van der Waals surface area (Å²) in [6.45, 7) is 0.620. The first-order chi connectivity index (χ1) is 14.5. The maximum Gasteiger partial charge on any atom is 0.433 e. The van der Waals surface area contributed by atoms with E-state index in [9.17, 15) is 18.0 Å². The van der Waals surface area contributed by atoms with Gasteiger partial charge in [-0.15, -0.1) is 0 Å². The zero-order valence-corrected chi connectivity index (χ0v) is 15.7. The monoisotopic (exact) mass is 418 g/mol. The Hall–Kier alpha value is -3.30. The van der Waals surface area contributed by atoms with E-state index in [1.165, 1.54) is 6.20 Å². The average Bonchev–Trinajstić information content (AvgIpc) is 3.38. The number of fused-ring (bicyclic) bond motifs is 2. The number of carbonyl (C=O) groups is 1. The summed E-state index contributed by atoms with van der Waals surface area (Å²) in [4.78, 5) is 17.6. The molecule has 1 fully saturated rings.